The molecule has 0 saturated carbocycles. The number of nitrogens with zero attached hydrogens (tertiary/aromatic N) is 1. The highest BCUT2D eigenvalue weighted by Gasteiger charge is 2.37. The van der Waals surface area contributed by atoms with Crippen LogP contribution in [-0.2, 0) is 9.59 Å². The van der Waals surface area contributed by atoms with Crippen LogP contribution in [0.4, 0.5) is 10.5 Å². The van der Waals surface area contributed by atoms with Crippen molar-refractivity contribution in [2.24, 2.45) is 0 Å². The van der Waals surface area contributed by atoms with E-state index in [1.54, 1.807) is 36.4 Å². The van der Waals surface area contributed by atoms with Crippen LogP contribution in [0.2, 0.25) is 0 Å². The number of hydrogen-bond acceptors (Lipinski definition) is 7. The Labute approximate surface area is 172 Å². The number of rotatable bonds is 6. The SMILES string of the molecule is COc1ccc(N2C(=O)NC(=O)/C(=C/c3cc(OC)c(OC)cc3OC)C2=O)cc1. The summed E-state index contributed by atoms with van der Waals surface area (Å²) in [5.74, 6) is 0.138. The van der Waals surface area contributed by atoms with Crippen LogP contribution in [0, 0.1) is 0 Å². The summed E-state index contributed by atoms with van der Waals surface area (Å²) in [6, 6.07) is 8.59. The average Bonchev–Trinajstić information content (AvgIpc) is 2.76. The van der Waals surface area contributed by atoms with Crippen LogP contribution in [0.3, 0.4) is 0 Å². The molecule has 0 radical (unpaired) electrons. The zero-order valence-electron chi connectivity index (χ0n) is 16.8. The Kier molecular flexibility index (Phi) is 5.91. The van der Waals surface area contributed by atoms with Gasteiger partial charge in [-0.15, -0.1) is 0 Å². The summed E-state index contributed by atoms with van der Waals surface area (Å²) in [6.07, 6.45) is 1.33. The number of methoxy groups -OCH3 is 4. The van der Waals surface area contributed by atoms with E-state index in [9.17, 15) is 14.4 Å². The van der Waals surface area contributed by atoms with Crippen molar-refractivity contribution in [2.45, 2.75) is 0 Å². The number of carbonyl (C=O) groups is 3. The summed E-state index contributed by atoms with van der Waals surface area (Å²) < 4.78 is 20.9. The van der Waals surface area contributed by atoms with Gasteiger partial charge in [0.25, 0.3) is 11.8 Å². The molecule has 0 aromatic heterocycles. The first-order valence-corrected chi connectivity index (χ1v) is 8.79. The number of hydrogen-bond donors (Lipinski definition) is 1. The van der Waals surface area contributed by atoms with Gasteiger partial charge in [0.05, 0.1) is 34.1 Å². The Morgan fingerprint density at radius 3 is 1.97 bits per heavy atom. The maximum Gasteiger partial charge on any atom is 0.335 e. The highest BCUT2D eigenvalue weighted by Crippen LogP contribution is 2.36. The number of amides is 4. The van der Waals surface area contributed by atoms with Gasteiger partial charge in [-0.3, -0.25) is 14.9 Å². The summed E-state index contributed by atoms with van der Waals surface area (Å²) in [4.78, 5) is 38.6. The number of barbiturate groups is 1. The monoisotopic (exact) mass is 412 g/mol. The second-order valence-corrected chi connectivity index (χ2v) is 6.11. The fourth-order valence-electron chi connectivity index (χ4n) is 2.94. The lowest BCUT2D eigenvalue weighted by molar-refractivity contribution is -0.122. The van der Waals surface area contributed by atoms with Gasteiger partial charge in [-0.2, -0.15) is 0 Å². The first-order chi connectivity index (χ1) is 14.4. The Morgan fingerprint density at radius 2 is 1.40 bits per heavy atom. The van der Waals surface area contributed by atoms with Gasteiger partial charge in [0, 0.05) is 11.6 Å². The Hall–Kier alpha value is -4.01. The molecule has 0 atom stereocenters. The summed E-state index contributed by atoms with van der Waals surface area (Å²) in [7, 11) is 5.89. The quantitative estimate of drug-likeness (QED) is 0.574. The molecule has 2 aromatic carbocycles. The van der Waals surface area contributed by atoms with Crippen LogP contribution < -0.4 is 29.2 Å². The predicted octanol–water partition coefficient (Wildman–Crippen LogP) is 2.39. The molecule has 0 spiro atoms. The van der Waals surface area contributed by atoms with Gasteiger partial charge in [-0.1, -0.05) is 0 Å². The molecule has 1 N–H and O–H groups in total. The van der Waals surface area contributed by atoms with Crippen molar-refractivity contribution in [1.29, 1.82) is 0 Å². The topological polar surface area (TPSA) is 103 Å². The first-order valence-electron chi connectivity index (χ1n) is 8.79. The minimum atomic E-state index is -0.841. The number of nitrogens with one attached hydrogen (secondary N) is 1. The number of anilines is 1. The molecule has 3 rings (SSSR count). The fraction of sp³-hybridized carbons (Fsp3) is 0.190. The van der Waals surface area contributed by atoms with Gasteiger partial charge < -0.3 is 18.9 Å². The second-order valence-electron chi connectivity index (χ2n) is 6.11. The van der Waals surface area contributed by atoms with E-state index in [1.165, 1.54) is 34.5 Å². The van der Waals surface area contributed by atoms with E-state index in [2.05, 4.69) is 5.32 Å². The third-order valence-electron chi connectivity index (χ3n) is 4.47. The van der Waals surface area contributed by atoms with Crippen molar-refractivity contribution in [3.63, 3.8) is 0 Å². The van der Waals surface area contributed by atoms with E-state index >= 15 is 0 Å². The summed E-state index contributed by atoms with van der Waals surface area (Å²) in [5, 5.41) is 2.18. The van der Waals surface area contributed by atoms with Crippen molar-refractivity contribution in [1.82, 2.24) is 5.32 Å². The van der Waals surface area contributed by atoms with Crippen LogP contribution >= 0.6 is 0 Å². The maximum absolute atomic E-state index is 13.0. The highest BCUT2D eigenvalue weighted by atomic mass is 16.5. The third-order valence-corrected chi connectivity index (χ3v) is 4.47. The molecule has 4 amide bonds. The van der Waals surface area contributed by atoms with Gasteiger partial charge in [0.1, 0.15) is 17.1 Å². The Balaban J connectivity index is 2.06. The van der Waals surface area contributed by atoms with E-state index in [4.69, 9.17) is 18.9 Å². The van der Waals surface area contributed by atoms with Crippen molar-refractivity contribution >= 4 is 29.6 Å². The third kappa shape index (κ3) is 3.77. The molecule has 156 valence electrons. The van der Waals surface area contributed by atoms with E-state index in [1.807, 2.05) is 0 Å². The average molecular weight is 412 g/mol. The van der Waals surface area contributed by atoms with E-state index in [0.717, 1.165) is 4.90 Å². The molecular formula is C21H20N2O7. The molecule has 30 heavy (non-hydrogen) atoms. The minimum absolute atomic E-state index is 0.240. The molecule has 0 aliphatic carbocycles. The number of ether oxygens (including phenoxy) is 4. The second kappa shape index (κ2) is 8.56. The summed E-state index contributed by atoms with van der Waals surface area (Å²) in [5.41, 5.74) is 0.449. The van der Waals surface area contributed by atoms with Crippen LogP contribution in [0.15, 0.2) is 42.0 Å². The molecule has 9 heteroatoms. The van der Waals surface area contributed by atoms with E-state index < -0.39 is 17.8 Å². The lowest BCUT2D eigenvalue weighted by atomic mass is 10.1. The van der Waals surface area contributed by atoms with Gasteiger partial charge in [-0.25, -0.2) is 9.69 Å². The number of imide groups is 2. The van der Waals surface area contributed by atoms with Gasteiger partial charge in [-0.05, 0) is 36.4 Å². The molecule has 1 saturated heterocycles. The molecule has 1 aliphatic heterocycles. The molecule has 0 bridgehead atoms. The molecule has 1 aliphatic rings. The van der Waals surface area contributed by atoms with Gasteiger partial charge in [0.2, 0.25) is 0 Å². The van der Waals surface area contributed by atoms with Crippen LogP contribution in [0.1, 0.15) is 5.56 Å². The van der Waals surface area contributed by atoms with Gasteiger partial charge in [0.15, 0.2) is 11.5 Å². The summed E-state index contributed by atoms with van der Waals surface area (Å²) in [6.45, 7) is 0. The molecule has 0 unspecified atom stereocenters. The number of benzene rings is 2. The van der Waals surface area contributed by atoms with Gasteiger partial charge >= 0.3 is 6.03 Å². The smallest absolute Gasteiger partial charge is 0.335 e. The lowest BCUT2D eigenvalue weighted by Crippen LogP contribution is -2.54. The zero-order chi connectivity index (χ0) is 21.8. The maximum atomic E-state index is 13.0. The normalized spacial score (nSPS) is 15.1. The molecule has 9 nitrogen and oxygen atoms in total. The number of urea groups is 1. The van der Waals surface area contributed by atoms with E-state index in [-0.39, 0.29) is 11.3 Å². The Bertz CT molecular complexity index is 1030. The fourth-order valence-corrected chi connectivity index (χ4v) is 2.94. The number of carbonyl (C=O) groups excluding carboxylic acids is 3. The van der Waals surface area contributed by atoms with Crippen molar-refractivity contribution in [3.05, 3.63) is 47.5 Å². The van der Waals surface area contributed by atoms with Crippen LogP contribution in [-0.4, -0.2) is 46.3 Å². The molecule has 1 fully saturated rings. The van der Waals surface area contributed by atoms with Crippen LogP contribution in [0.5, 0.6) is 23.0 Å². The lowest BCUT2D eigenvalue weighted by Gasteiger charge is -2.26. The van der Waals surface area contributed by atoms with Crippen molar-refractivity contribution in [2.75, 3.05) is 33.3 Å². The van der Waals surface area contributed by atoms with Crippen molar-refractivity contribution in [3.8, 4) is 23.0 Å². The van der Waals surface area contributed by atoms with Crippen LogP contribution in [0.25, 0.3) is 6.08 Å². The first kappa shape index (κ1) is 20.7. The Morgan fingerprint density at radius 1 is 0.800 bits per heavy atom. The molecular weight excluding hydrogens is 392 g/mol. The minimum Gasteiger partial charge on any atom is -0.497 e. The molecule has 2 aromatic rings. The van der Waals surface area contributed by atoms with E-state index in [0.29, 0.717) is 28.6 Å². The summed E-state index contributed by atoms with van der Waals surface area (Å²) >= 11 is 0. The standard InChI is InChI=1S/C21H20N2O7/c1-27-14-7-5-13(6-8-14)23-20(25)15(19(24)22-21(23)26)9-12-10-17(29-3)18(30-4)11-16(12)28-2/h5-11H,1-4H3,(H,22,24,26)/b15-9-. The zero-order valence-corrected chi connectivity index (χ0v) is 16.8. The highest BCUT2D eigenvalue weighted by molar-refractivity contribution is 6.39. The largest absolute Gasteiger partial charge is 0.497 e. The predicted molar refractivity (Wildman–Crippen MR) is 108 cm³/mol. The molecule has 1 heterocycles. The van der Waals surface area contributed by atoms with Crippen molar-refractivity contribution < 1.29 is 33.3 Å².